The highest BCUT2D eigenvalue weighted by Gasteiger charge is 2.20. The van der Waals surface area contributed by atoms with Gasteiger partial charge in [-0.1, -0.05) is 60.7 Å². The van der Waals surface area contributed by atoms with Crippen molar-refractivity contribution in [2.45, 2.75) is 26.4 Å². The summed E-state index contributed by atoms with van der Waals surface area (Å²) in [4.78, 5) is 15.3. The zero-order valence-corrected chi connectivity index (χ0v) is 17.0. The molecule has 30 heavy (non-hydrogen) atoms. The van der Waals surface area contributed by atoms with Crippen LogP contribution in [-0.4, -0.2) is 26.1 Å². The Balaban J connectivity index is 1.70. The zero-order chi connectivity index (χ0) is 20.9. The van der Waals surface area contributed by atoms with Gasteiger partial charge in [0.25, 0.3) is 5.91 Å². The van der Waals surface area contributed by atoms with E-state index < -0.39 is 0 Å². The zero-order valence-electron chi connectivity index (χ0n) is 17.0. The van der Waals surface area contributed by atoms with Crippen molar-refractivity contribution >= 4 is 11.6 Å². The molecular weight excluding hydrogens is 374 g/mol. The maximum Gasteiger partial charge on any atom is 0.258 e. The topological polar surface area (TPSA) is 63.9 Å². The minimum Gasteiger partial charge on any atom is -0.304 e. The monoisotopic (exact) mass is 397 g/mol. The van der Waals surface area contributed by atoms with Gasteiger partial charge in [0.2, 0.25) is 0 Å². The number of tetrazole rings is 1. The lowest BCUT2D eigenvalue weighted by Gasteiger charge is -2.23. The lowest BCUT2D eigenvalue weighted by molar-refractivity contribution is 0.0985. The molecule has 0 aliphatic heterocycles. The molecule has 1 heterocycles. The van der Waals surface area contributed by atoms with Gasteiger partial charge < -0.3 is 4.90 Å². The number of nitrogens with zero attached hydrogens (tertiary/aromatic N) is 5. The van der Waals surface area contributed by atoms with Crippen LogP contribution >= 0.6 is 0 Å². The molecule has 0 N–H and O–H groups in total. The summed E-state index contributed by atoms with van der Waals surface area (Å²) in [6, 6.07) is 27.3. The standard InChI is InChI=1S/C24H23N5O/c1-18(2)29-23(25-26-27-29)20-12-9-13-21(16-20)24(30)28(22-14-7-4-8-15-22)17-19-10-5-3-6-11-19/h3-16,18H,17H2,1-2H3. The molecule has 6 nitrogen and oxygen atoms in total. The second-order valence-corrected chi connectivity index (χ2v) is 7.33. The van der Waals surface area contributed by atoms with Crippen molar-refractivity contribution in [3.05, 3.63) is 96.1 Å². The highest BCUT2D eigenvalue weighted by molar-refractivity contribution is 6.06. The molecule has 150 valence electrons. The van der Waals surface area contributed by atoms with Crippen LogP contribution in [0.1, 0.15) is 35.8 Å². The summed E-state index contributed by atoms with van der Waals surface area (Å²) in [5.41, 5.74) is 3.32. The van der Waals surface area contributed by atoms with Gasteiger partial charge in [0, 0.05) is 16.8 Å². The highest BCUT2D eigenvalue weighted by atomic mass is 16.2. The Labute approximate surface area is 175 Å². The van der Waals surface area contributed by atoms with Crippen molar-refractivity contribution in [1.29, 1.82) is 0 Å². The summed E-state index contributed by atoms with van der Waals surface area (Å²) in [6.45, 7) is 4.52. The Morgan fingerprint density at radius 3 is 2.33 bits per heavy atom. The highest BCUT2D eigenvalue weighted by Crippen LogP contribution is 2.24. The van der Waals surface area contributed by atoms with E-state index in [9.17, 15) is 4.79 Å². The van der Waals surface area contributed by atoms with Crippen molar-refractivity contribution in [3.63, 3.8) is 0 Å². The molecule has 0 fully saturated rings. The van der Waals surface area contributed by atoms with Crippen molar-refractivity contribution < 1.29 is 4.79 Å². The van der Waals surface area contributed by atoms with E-state index in [0.29, 0.717) is 17.9 Å². The van der Waals surface area contributed by atoms with Crippen LogP contribution in [0.2, 0.25) is 0 Å². The van der Waals surface area contributed by atoms with Crippen molar-refractivity contribution in [3.8, 4) is 11.4 Å². The number of hydrogen-bond acceptors (Lipinski definition) is 4. The van der Waals surface area contributed by atoms with E-state index in [2.05, 4.69) is 15.5 Å². The number of rotatable bonds is 6. The molecule has 0 radical (unpaired) electrons. The van der Waals surface area contributed by atoms with Gasteiger partial charge in [-0.25, -0.2) is 4.68 Å². The molecule has 3 aromatic carbocycles. The van der Waals surface area contributed by atoms with Crippen LogP contribution in [0, 0.1) is 0 Å². The molecule has 0 aliphatic carbocycles. The molecule has 6 heteroatoms. The van der Waals surface area contributed by atoms with E-state index in [4.69, 9.17) is 0 Å². The number of carbonyl (C=O) groups excluding carboxylic acids is 1. The van der Waals surface area contributed by atoms with Crippen LogP contribution in [-0.2, 0) is 6.54 Å². The van der Waals surface area contributed by atoms with Crippen LogP contribution in [0.25, 0.3) is 11.4 Å². The summed E-state index contributed by atoms with van der Waals surface area (Å²) >= 11 is 0. The lowest BCUT2D eigenvalue weighted by Crippen LogP contribution is -2.30. The molecule has 4 rings (SSSR count). The van der Waals surface area contributed by atoms with E-state index in [1.54, 1.807) is 9.58 Å². The minimum absolute atomic E-state index is 0.0736. The van der Waals surface area contributed by atoms with E-state index in [1.165, 1.54) is 0 Å². The van der Waals surface area contributed by atoms with E-state index in [0.717, 1.165) is 16.8 Å². The van der Waals surface area contributed by atoms with E-state index >= 15 is 0 Å². The maximum absolute atomic E-state index is 13.6. The fraction of sp³-hybridized carbons (Fsp3) is 0.167. The maximum atomic E-state index is 13.6. The van der Waals surface area contributed by atoms with Crippen LogP contribution < -0.4 is 4.90 Å². The first-order chi connectivity index (χ1) is 14.6. The smallest absolute Gasteiger partial charge is 0.258 e. The Bertz CT molecular complexity index is 1120. The molecule has 0 aliphatic rings. The molecule has 0 saturated heterocycles. The fourth-order valence-corrected chi connectivity index (χ4v) is 3.33. The second kappa shape index (κ2) is 8.69. The molecule has 4 aromatic rings. The summed E-state index contributed by atoms with van der Waals surface area (Å²) in [5, 5.41) is 12.0. The third-order valence-corrected chi connectivity index (χ3v) is 4.85. The number of aromatic nitrogens is 4. The predicted molar refractivity (Wildman–Crippen MR) is 117 cm³/mol. The van der Waals surface area contributed by atoms with Crippen molar-refractivity contribution in [2.24, 2.45) is 0 Å². The quantitative estimate of drug-likeness (QED) is 0.470. The molecule has 0 unspecified atom stereocenters. The Morgan fingerprint density at radius 1 is 0.933 bits per heavy atom. The average Bonchev–Trinajstić information content (AvgIpc) is 3.29. The molecule has 0 bridgehead atoms. The van der Waals surface area contributed by atoms with Gasteiger partial charge in [0.1, 0.15) is 0 Å². The van der Waals surface area contributed by atoms with Crippen molar-refractivity contribution in [1.82, 2.24) is 20.2 Å². The Hall–Kier alpha value is -3.80. The molecule has 0 saturated carbocycles. The van der Waals surface area contributed by atoms with Crippen LogP contribution in [0.4, 0.5) is 5.69 Å². The molecule has 1 amide bonds. The van der Waals surface area contributed by atoms with Gasteiger partial charge >= 0.3 is 0 Å². The van der Waals surface area contributed by atoms with Gasteiger partial charge in [-0.3, -0.25) is 4.79 Å². The first kappa shape index (κ1) is 19.5. The number of hydrogen-bond donors (Lipinski definition) is 0. The van der Waals surface area contributed by atoms with Crippen LogP contribution in [0.5, 0.6) is 0 Å². The normalized spacial score (nSPS) is 10.9. The third-order valence-electron chi connectivity index (χ3n) is 4.85. The summed E-state index contributed by atoms with van der Waals surface area (Å²) in [5.74, 6) is 0.574. The predicted octanol–water partition coefficient (Wildman–Crippen LogP) is 4.77. The molecule has 0 atom stereocenters. The first-order valence-electron chi connectivity index (χ1n) is 9.92. The van der Waals surface area contributed by atoms with Gasteiger partial charge in [-0.15, -0.1) is 5.10 Å². The van der Waals surface area contributed by atoms with Crippen LogP contribution in [0.3, 0.4) is 0 Å². The number of para-hydroxylation sites is 1. The fourth-order valence-electron chi connectivity index (χ4n) is 3.33. The largest absolute Gasteiger partial charge is 0.304 e. The SMILES string of the molecule is CC(C)n1nnnc1-c1cccc(C(=O)N(Cc2ccccc2)c2ccccc2)c1. The minimum atomic E-state index is -0.0736. The Morgan fingerprint density at radius 2 is 1.63 bits per heavy atom. The van der Waals surface area contributed by atoms with Crippen LogP contribution in [0.15, 0.2) is 84.9 Å². The van der Waals surface area contributed by atoms with E-state index in [-0.39, 0.29) is 11.9 Å². The molecule has 1 aromatic heterocycles. The number of anilines is 1. The second-order valence-electron chi connectivity index (χ2n) is 7.33. The van der Waals surface area contributed by atoms with Gasteiger partial charge in [-0.2, -0.15) is 0 Å². The Kier molecular flexibility index (Phi) is 5.66. The summed E-state index contributed by atoms with van der Waals surface area (Å²) in [6.07, 6.45) is 0. The molecular formula is C24H23N5O. The molecule has 0 spiro atoms. The van der Waals surface area contributed by atoms with Gasteiger partial charge in [0.05, 0.1) is 12.6 Å². The van der Waals surface area contributed by atoms with Crippen molar-refractivity contribution in [2.75, 3.05) is 4.90 Å². The number of benzene rings is 3. The van der Waals surface area contributed by atoms with Gasteiger partial charge in [-0.05, 0) is 54.1 Å². The lowest BCUT2D eigenvalue weighted by atomic mass is 10.1. The summed E-state index contributed by atoms with van der Waals surface area (Å²) in [7, 11) is 0. The average molecular weight is 397 g/mol. The van der Waals surface area contributed by atoms with E-state index in [1.807, 2.05) is 98.8 Å². The number of amides is 1. The summed E-state index contributed by atoms with van der Waals surface area (Å²) < 4.78 is 1.75. The first-order valence-corrected chi connectivity index (χ1v) is 9.92. The number of carbonyl (C=O) groups is 1. The third kappa shape index (κ3) is 4.12. The van der Waals surface area contributed by atoms with Gasteiger partial charge in [0.15, 0.2) is 5.82 Å².